The lowest BCUT2D eigenvalue weighted by molar-refractivity contribution is -0.125. The summed E-state index contributed by atoms with van der Waals surface area (Å²) in [6.07, 6.45) is 1.08. The van der Waals surface area contributed by atoms with Gasteiger partial charge in [-0.15, -0.1) is 0 Å². The van der Waals surface area contributed by atoms with Crippen LogP contribution in [-0.4, -0.2) is 45.1 Å². The second-order valence-corrected chi connectivity index (χ2v) is 8.94. The molecule has 1 N–H and O–H groups in total. The van der Waals surface area contributed by atoms with Gasteiger partial charge in [0, 0.05) is 7.05 Å². The fourth-order valence-electron chi connectivity index (χ4n) is 3.07. The van der Waals surface area contributed by atoms with Gasteiger partial charge in [0.2, 0.25) is 15.9 Å². The molecule has 1 amide bonds. The number of hydrogen-bond acceptors (Lipinski definition) is 5. The largest absolute Gasteiger partial charge is 0.490 e. The summed E-state index contributed by atoms with van der Waals surface area (Å²) in [6, 6.07) is 13.0. The molecule has 2 atom stereocenters. The van der Waals surface area contributed by atoms with E-state index in [0.29, 0.717) is 30.3 Å². The quantitative estimate of drug-likeness (QED) is 0.620. The Morgan fingerprint density at radius 3 is 2.17 bits per heavy atom. The molecule has 0 heterocycles. The van der Waals surface area contributed by atoms with Gasteiger partial charge in [-0.05, 0) is 44.0 Å². The first kappa shape index (κ1) is 23.7. The Balaban J connectivity index is 2.30. The maximum Gasteiger partial charge on any atom is 0.243 e. The van der Waals surface area contributed by atoms with Gasteiger partial charge in [-0.25, -0.2) is 8.42 Å². The molecule has 7 nitrogen and oxygen atoms in total. The van der Waals surface area contributed by atoms with Crippen molar-refractivity contribution in [1.82, 2.24) is 9.62 Å². The maximum atomic E-state index is 13.1. The van der Waals surface area contributed by atoms with Crippen molar-refractivity contribution < 1.29 is 22.7 Å². The molecule has 0 aliphatic rings. The van der Waals surface area contributed by atoms with Crippen LogP contribution in [0, 0.1) is 0 Å². The molecule has 2 aromatic rings. The predicted molar refractivity (Wildman–Crippen MR) is 117 cm³/mol. The number of sulfonamides is 1. The molecule has 0 unspecified atom stereocenters. The number of likely N-dealkylation sites (N-methyl/N-ethyl adjacent to an activating group) is 1. The Hall–Kier alpha value is -2.58. The summed E-state index contributed by atoms with van der Waals surface area (Å²) in [5, 5.41) is 2.93. The number of ether oxygens (including phenoxy) is 2. The van der Waals surface area contributed by atoms with Gasteiger partial charge in [0.1, 0.15) is 6.04 Å². The van der Waals surface area contributed by atoms with Crippen molar-refractivity contribution in [3.8, 4) is 11.5 Å². The van der Waals surface area contributed by atoms with Crippen molar-refractivity contribution in [2.24, 2.45) is 0 Å². The zero-order chi connectivity index (χ0) is 22.3. The van der Waals surface area contributed by atoms with E-state index in [1.165, 1.54) is 7.05 Å². The first-order valence-electron chi connectivity index (χ1n) is 9.86. The minimum Gasteiger partial charge on any atom is -0.490 e. The summed E-state index contributed by atoms with van der Waals surface area (Å²) in [7, 11) is -2.18. The molecule has 8 heteroatoms. The zero-order valence-electron chi connectivity index (χ0n) is 18.1. The first-order valence-corrected chi connectivity index (χ1v) is 11.7. The number of nitrogens with one attached hydrogen (secondary N) is 1. The molecular weight excluding hydrogens is 404 g/mol. The Morgan fingerprint density at radius 2 is 1.60 bits per heavy atom. The third-order valence-corrected chi connectivity index (χ3v) is 5.93. The summed E-state index contributed by atoms with van der Waals surface area (Å²) in [5.41, 5.74) is 1.42. The van der Waals surface area contributed by atoms with Gasteiger partial charge in [0.15, 0.2) is 11.5 Å². The van der Waals surface area contributed by atoms with Crippen LogP contribution in [0.15, 0.2) is 48.5 Å². The molecule has 0 aliphatic carbocycles. The summed E-state index contributed by atoms with van der Waals surface area (Å²) in [6.45, 7) is 6.63. The molecule has 164 valence electrons. The summed E-state index contributed by atoms with van der Waals surface area (Å²) < 4.78 is 36.6. The Labute approximate surface area is 179 Å². The highest BCUT2D eigenvalue weighted by Crippen LogP contribution is 2.31. The van der Waals surface area contributed by atoms with Gasteiger partial charge in [-0.3, -0.25) is 4.79 Å². The summed E-state index contributed by atoms with van der Waals surface area (Å²) in [4.78, 5) is 13.1. The van der Waals surface area contributed by atoms with Crippen LogP contribution in [-0.2, 0) is 14.8 Å². The average molecular weight is 435 g/mol. The minimum absolute atomic E-state index is 0.369. The average Bonchev–Trinajstić information content (AvgIpc) is 2.70. The van der Waals surface area contributed by atoms with E-state index in [1.54, 1.807) is 24.3 Å². The lowest BCUT2D eigenvalue weighted by Crippen LogP contribution is -2.42. The van der Waals surface area contributed by atoms with Gasteiger partial charge in [-0.2, -0.15) is 4.31 Å². The first-order chi connectivity index (χ1) is 14.2. The van der Waals surface area contributed by atoms with Gasteiger partial charge in [-0.1, -0.05) is 36.4 Å². The maximum absolute atomic E-state index is 13.1. The molecule has 0 fully saturated rings. The molecule has 0 aromatic heterocycles. The van der Waals surface area contributed by atoms with E-state index in [1.807, 2.05) is 45.0 Å². The number of carbonyl (C=O) groups is 1. The predicted octanol–water partition coefficient (Wildman–Crippen LogP) is 3.29. The second kappa shape index (κ2) is 10.4. The molecule has 0 bridgehead atoms. The minimum atomic E-state index is -3.59. The van der Waals surface area contributed by atoms with Crippen LogP contribution in [0.4, 0.5) is 0 Å². The molecule has 0 saturated heterocycles. The number of rotatable bonds is 10. The number of benzene rings is 2. The number of hydrogen-bond donors (Lipinski definition) is 1. The van der Waals surface area contributed by atoms with Gasteiger partial charge in [0.05, 0.1) is 25.5 Å². The molecule has 0 spiro atoms. The van der Waals surface area contributed by atoms with E-state index < -0.39 is 22.0 Å². The van der Waals surface area contributed by atoms with Crippen LogP contribution in [0.1, 0.15) is 44.0 Å². The van der Waals surface area contributed by atoms with Crippen molar-refractivity contribution in [1.29, 1.82) is 0 Å². The smallest absolute Gasteiger partial charge is 0.243 e. The fourth-order valence-corrected chi connectivity index (χ4v) is 3.67. The van der Waals surface area contributed by atoms with Crippen LogP contribution >= 0.6 is 0 Å². The standard InChI is InChI=1S/C22H30N2O5S/c1-6-28-19-14-13-18(15-20(19)29-7-2)16(3)23-22(25)21(24(4)30(5,26)27)17-11-9-8-10-12-17/h8-16,21H,6-7H2,1-5H3,(H,23,25)/t16-,21-/m0/s1. The van der Waals surface area contributed by atoms with E-state index in [-0.39, 0.29) is 6.04 Å². The second-order valence-electron chi connectivity index (χ2n) is 6.89. The molecule has 30 heavy (non-hydrogen) atoms. The van der Waals surface area contributed by atoms with Crippen LogP contribution in [0.3, 0.4) is 0 Å². The molecule has 0 saturated carbocycles. The molecule has 0 radical (unpaired) electrons. The van der Waals surface area contributed by atoms with E-state index in [0.717, 1.165) is 16.1 Å². The summed E-state index contributed by atoms with van der Waals surface area (Å²) >= 11 is 0. The van der Waals surface area contributed by atoms with Gasteiger partial charge < -0.3 is 14.8 Å². The monoisotopic (exact) mass is 434 g/mol. The van der Waals surface area contributed by atoms with E-state index >= 15 is 0 Å². The molecule has 2 aromatic carbocycles. The SMILES string of the molecule is CCOc1ccc([C@H](C)NC(=O)[C@H](c2ccccc2)N(C)S(C)(=O)=O)cc1OCC. The fraction of sp³-hybridized carbons (Fsp3) is 0.409. The van der Waals surface area contributed by atoms with E-state index in [9.17, 15) is 13.2 Å². The lowest BCUT2D eigenvalue weighted by atomic mass is 10.0. The normalized spacial score (nSPS) is 13.5. The van der Waals surface area contributed by atoms with Crippen molar-refractivity contribution in [2.75, 3.05) is 26.5 Å². The van der Waals surface area contributed by atoms with Crippen LogP contribution in [0.25, 0.3) is 0 Å². The number of nitrogens with zero attached hydrogens (tertiary/aromatic N) is 1. The van der Waals surface area contributed by atoms with Crippen molar-refractivity contribution in [3.05, 3.63) is 59.7 Å². The Kier molecular flexibility index (Phi) is 8.25. The van der Waals surface area contributed by atoms with Crippen molar-refractivity contribution in [2.45, 2.75) is 32.9 Å². The van der Waals surface area contributed by atoms with Crippen molar-refractivity contribution in [3.63, 3.8) is 0 Å². The van der Waals surface area contributed by atoms with Gasteiger partial charge >= 0.3 is 0 Å². The Bertz CT molecular complexity index is 947. The molecular formula is C22H30N2O5S. The number of carbonyl (C=O) groups excluding carboxylic acids is 1. The van der Waals surface area contributed by atoms with Crippen LogP contribution < -0.4 is 14.8 Å². The van der Waals surface area contributed by atoms with Crippen LogP contribution in [0.2, 0.25) is 0 Å². The van der Waals surface area contributed by atoms with Gasteiger partial charge in [0.25, 0.3) is 0 Å². The lowest BCUT2D eigenvalue weighted by Gasteiger charge is -2.27. The molecule has 2 rings (SSSR count). The van der Waals surface area contributed by atoms with E-state index in [4.69, 9.17) is 9.47 Å². The van der Waals surface area contributed by atoms with E-state index in [2.05, 4.69) is 5.32 Å². The van der Waals surface area contributed by atoms with Crippen molar-refractivity contribution >= 4 is 15.9 Å². The Morgan fingerprint density at radius 1 is 1.00 bits per heavy atom. The number of amides is 1. The topological polar surface area (TPSA) is 84.9 Å². The van der Waals surface area contributed by atoms with Crippen LogP contribution in [0.5, 0.6) is 11.5 Å². The highest BCUT2D eigenvalue weighted by molar-refractivity contribution is 7.88. The third kappa shape index (κ3) is 5.96. The molecule has 0 aliphatic heterocycles. The zero-order valence-corrected chi connectivity index (χ0v) is 18.9. The highest BCUT2D eigenvalue weighted by atomic mass is 32.2. The summed E-state index contributed by atoms with van der Waals surface area (Å²) in [5.74, 6) is 0.833. The third-order valence-electron chi connectivity index (χ3n) is 4.68. The highest BCUT2D eigenvalue weighted by Gasteiger charge is 2.31.